The lowest BCUT2D eigenvalue weighted by Gasteiger charge is -2.39. The monoisotopic (exact) mass is 533 g/mol. The minimum atomic E-state index is -0.929. The lowest BCUT2D eigenvalue weighted by Crippen LogP contribution is -2.56. The lowest BCUT2D eigenvalue weighted by atomic mass is 10.2. The molecule has 5 heterocycles. The van der Waals surface area contributed by atoms with E-state index in [4.69, 9.17) is 4.98 Å². The third-order valence-electron chi connectivity index (χ3n) is 8.00. The zero-order valence-corrected chi connectivity index (χ0v) is 21.9. The average Bonchev–Trinajstić information content (AvgIpc) is 3.64. The van der Waals surface area contributed by atoms with E-state index < -0.39 is 6.09 Å². The highest BCUT2D eigenvalue weighted by atomic mass is 16.4. The van der Waals surface area contributed by atoms with Crippen molar-refractivity contribution >= 4 is 40.7 Å². The molecule has 2 saturated heterocycles. The van der Waals surface area contributed by atoms with Gasteiger partial charge in [0.1, 0.15) is 11.3 Å². The number of fused-ring (bicyclic) bond motifs is 3. The van der Waals surface area contributed by atoms with Gasteiger partial charge < -0.3 is 24.8 Å². The van der Waals surface area contributed by atoms with Crippen LogP contribution in [0.3, 0.4) is 0 Å². The molecule has 3 fully saturated rings. The van der Waals surface area contributed by atoms with E-state index in [-0.39, 0.29) is 35.6 Å². The van der Waals surface area contributed by atoms with E-state index in [2.05, 4.69) is 20.5 Å². The van der Waals surface area contributed by atoms with E-state index in [1.807, 2.05) is 10.6 Å². The molecule has 2 atom stereocenters. The summed E-state index contributed by atoms with van der Waals surface area (Å²) >= 11 is 0. The number of amides is 3. The fourth-order valence-electron chi connectivity index (χ4n) is 6.16. The van der Waals surface area contributed by atoms with Crippen LogP contribution in [-0.4, -0.2) is 102 Å². The quantitative estimate of drug-likeness (QED) is 0.505. The van der Waals surface area contributed by atoms with Gasteiger partial charge in [0, 0.05) is 44.8 Å². The SMILES string of the molecule is CN(C)C(=O)c1cc2cnc(Nc3ccc(C(=O)N4CC5CCC(C4)N5C(=O)O)nn3)nc2n1C1CCCC1. The van der Waals surface area contributed by atoms with Crippen molar-refractivity contribution in [2.75, 3.05) is 32.5 Å². The molecule has 204 valence electrons. The van der Waals surface area contributed by atoms with Gasteiger partial charge in [0.25, 0.3) is 11.8 Å². The first-order valence-electron chi connectivity index (χ1n) is 13.3. The Morgan fingerprint density at radius 2 is 1.72 bits per heavy atom. The molecule has 2 bridgehead atoms. The molecule has 3 amide bonds. The maximum atomic E-state index is 13.1. The van der Waals surface area contributed by atoms with Gasteiger partial charge in [-0.25, -0.2) is 9.78 Å². The number of rotatable bonds is 5. The van der Waals surface area contributed by atoms with Gasteiger partial charge in [-0.2, -0.15) is 4.98 Å². The van der Waals surface area contributed by atoms with Crippen molar-refractivity contribution < 1.29 is 19.5 Å². The zero-order valence-electron chi connectivity index (χ0n) is 21.9. The number of nitrogens with one attached hydrogen (secondary N) is 1. The number of carboxylic acid groups (broad SMARTS) is 1. The van der Waals surface area contributed by atoms with Crippen molar-refractivity contribution in [3.63, 3.8) is 0 Å². The number of carbonyl (C=O) groups excluding carboxylic acids is 2. The first-order chi connectivity index (χ1) is 18.8. The summed E-state index contributed by atoms with van der Waals surface area (Å²) in [6.45, 7) is 0.715. The Hall–Kier alpha value is -4.29. The van der Waals surface area contributed by atoms with Gasteiger partial charge in [0.05, 0.1) is 12.1 Å². The van der Waals surface area contributed by atoms with Crippen LogP contribution in [0.5, 0.6) is 0 Å². The first kappa shape index (κ1) is 25.0. The summed E-state index contributed by atoms with van der Waals surface area (Å²) < 4.78 is 2.04. The van der Waals surface area contributed by atoms with Gasteiger partial charge in [-0.05, 0) is 43.9 Å². The Labute approximate surface area is 224 Å². The van der Waals surface area contributed by atoms with Crippen molar-refractivity contribution in [3.8, 4) is 0 Å². The normalized spacial score (nSPS) is 21.0. The predicted molar refractivity (Wildman–Crippen MR) is 141 cm³/mol. The molecule has 2 aliphatic heterocycles. The Balaban J connectivity index is 1.20. The predicted octanol–water partition coefficient (Wildman–Crippen LogP) is 2.75. The Kier molecular flexibility index (Phi) is 6.28. The number of carbonyl (C=O) groups is 3. The number of anilines is 2. The number of hydrogen-bond donors (Lipinski definition) is 2. The minimum Gasteiger partial charge on any atom is -0.465 e. The van der Waals surface area contributed by atoms with Gasteiger partial charge in [-0.3, -0.25) is 14.5 Å². The fourth-order valence-corrected chi connectivity index (χ4v) is 6.16. The summed E-state index contributed by atoms with van der Waals surface area (Å²) in [6.07, 6.45) is 6.51. The van der Waals surface area contributed by atoms with Crippen LogP contribution in [0.2, 0.25) is 0 Å². The van der Waals surface area contributed by atoms with Gasteiger partial charge >= 0.3 is 6.09 Å². The second-order valence-electron chi connectivity index (χ2n) is 10.7. The van der Waals surface area contributed by atoms with Gasteiger partial charge in [0.15, 0.2) is 11.5 Å². The molecule has 0 radical (unpaired) electrons. The number of aromatic nitrogens is 5. The van der Waals surface area contributed by atoms with Crippen LogP contribution in [0.4, 0.5) is 16.6 Å². The molecular formula is C26H31N9O4. The van der Waals surface area contributed by atoms with Crippen molar-refractivity contribution in [1.29, 1.82) is 0 Å². The van der Waals surface area contributed by atoms with Crippen molar-refractivity contribution in [1.82, 2.24) is 39.4 Å². The molecule has 6 rings (SSSR count). The maximum Gasteiger partial charge on any atom is 0.407 e. The van der Waals surface area contributed by atoms with Crippen molar-refractivity contribution in [2.24, 2.45) is 0 Å². The van der Waals surface area contributed by atoms with E-state index in [1.54, 1.807) is 42.2 Å². The number of piperazine rings is 1. The van der Waals surface area contributed by atoms with Crippen LogP contribution in [0.25, 0.3) is 11.0 Å². The highest BCUT2D eigenvalue weighted by Crippen LogP contribution is 2.35. The lowest BCUT2D eigenvalue weighted by molar-refractivity contribution is 0.0443. The summed E-state index contributed by atoms with van der Waals surface area (Å²) in [4.78, 5) is 51.4. The molecule has 0 spiro atoms. The standard InChI is InChI=1S/C26H31N9O4/c1-32(2)24(37)20-11-15-12-27-25(29-22(15)35(20)16-5-3-4-6-16)28-21-10-9-19(30-31-21)23(36)33-13-17-7-8-18(14-33)34(17)26(38)39/h9-12,16-18H,3-8,13-14H2,1-2H3,(H,38,39)(H,27,28,29,31). The van der Waals surface area contributed by atoms with Crippen LogP contribution in [0.15, 0.2) is 24.4 Å². The van der Waals surface area contributed by atoms with Crippen molar-refractivity contribution in [2.45, 2.75) is 56.7 Å². The van der Waals surface area contributed by atoms with Crippen LogP contribution in [-0.2, 0) is 0 Å². The summed E-state index contributed by atoms with van der Waals surface area (Å²) in [5, 5.41) is 21.6. The summed E-state index contributed by atoms with van der Waals surface area (Å²) in [7, 11) is 3.48. The van der Waals surface area contributed by atoms with Gasteiger partial charge in [0.2, 0.25) is 5.95 Å². The van der Waals surface area contributed by atoms with Crippen molar-refractivity contribution in [3.05, 3.63) is 35.8 Å². The van der Waals surface area contributed by atoms with Gasteiger partial charge in [-0.1, -0.05) is 12.8 Å². The molecule has 1 saturated carbocycles. The Bertz CT molecular complexity index is 1420. The molecule has 3 aromatic heterocycles. The fraction of sp³-hybridized carbons (Fsp3) is 0.500. The Morgan fingerprint density at radius 3 is 2.33 bits per heavy atom. The second-order valence-corrected chi connectivity index (χ2v) is 10.7. The highest BCUT2D eigenvalue weighted by Gasteiger charge is 2.44. The van der Waals surface area contributed by atoms with E-state index in [0.717, 1.165) is 43.9 Å². The van der Waals surface area contributed by atoms with E-state index in [9.17, 15) is 19.5 Å². The highest BCUT2D eigenvalue weighted by molar-refractivity contribution is 5.98. The smallest absolute Gasteiger partial charge is 0.407 e. The van der Waals surface area contributed by atoms with Crippen LogP contribution in [0.1, 0.15) is 65.5 Å². The molecule has 1 aliphatic carbocycles. The summed E-state index contributed by atoms with van der Waals surface area (Å²) in [5.41, 5.74) is 1.50. The maximum absolute atomic E-state index is 13.1. The summed E-state index contributed by atoms with van der Waals surface area (Å²) in [6, 6.07) is 4.94. The molecule has 3 aliphatic rings. The molecule has 13 heteroatoms. The third-order valence-corrected chi connectivity index (χ3v) is 8.00. The van der Waals surface area contributed by atoms with E-state index in [0.29, 0.717) is 36.2 Å². The number of likely N-dealkylation sites (tertiary alicyclic amines) is 1. The molecule has 13 nitrogen and oxygen atoms in total. The molecule has 2 N–H and O–H groups in total. The van der Waals surface area contributed by atoms with Crippen LogP contribution in [0, 0.1) is 0 Å². The van der Waals surface area contributed by atoms with E-state index >= 15 is 0 Å². The van der Waals surface area contributed by atoms with Crippen LogP contribution >= 0.6 is 0 Å². The average molecular weight is 534 g/mol. The first-order valence-corrected chi connectivity index (χ1v) is 13.3. The van der Waals surface area contributed by atoms with Crippen LogP contribution < -0.4 is 5.32 Å². The zero-order chi connectivity index (χ0) is 27.3. The van der Waals surface area contributed by atoms with E-state index in [1.165, 1.54) is 4.90 Å². The molecule has 3 aromatic rings. The molecule has 0 aromatic carbocycles. The number of nitrogens with zero attached hydrogens (tertiary/aromatic N) is 8. The molecular weight excluding hydrogens is 502 g/mol. The van der Waals surface area contributed by atoms with Gasteiger partial charge in [-0.15, -0.1) is 10.2 Å². The largest absolute Gasteiger partial charge is 0.465 e. The minimum absolute atomic E-state index is 0.0714. The Morgan fingerprint density at radius 1 is 1.00 bits per heavy atom. The number of hydrogen-bond acceptors (Lipinski definition) is 8. The topological polar surface area (TPSA) is 150 Å². The molecule has 2 unspecified atom stereocenters. The second kappa shape index (κ2) is 9.79. The third kappa shape index (κ3) is 4.51. The molecule has 39 heavy (non-hydrogen) atoms. The summed E-state index contributed by atoms with van der Waals surface area (Å²) in [5.74, 6) is 0.364.